The van der Waals surface area contributed by atoms with Crippen LogP contribution in [0.25, 0.3) is 0 Å². The van der Waals surface area contributed by atoms with Crippen LogP contribution in [0.5, 0.6) is 0 Å². The van der Waals surface area contributed by atoms with Gasteiger partial charge in [-0.15, -0.1) is 0 Å². The smallest absolute Gasteiger partial charge is 0.312 e. The molecule has 0 unspecified atom stereocenters. The zero-order valence-corrected chi connectivity index (χ0v) is 7.29. The molecule has 66 valence electrons. The summed E-state index contributed by atoms with van der Waals surface area (Å²) in [5, 5.41) is 0. The molecule has 0 spiro atoms. The van der Waals surface area contributed by atoms with E-state index in [1.807, 2.05) is 0 Å². The first kappa shape index (κ1) is 8.97. The topological polar surface area (TPSA) is 43.4 Å². The zero-order chi connectivity index (χ0) is 9.14. The minimum Gasteiger partial charge on any atom is -0.469 e. The molecule has 0 aromatic rings. The first-order valence-corrected chi connectivity index (χ1v) is 3.94. The van der Waals surface area contributed by atoms with Crippen molar-refractivity contribution < 1.29 is 14.3 Å². The van der Waals surface area contributed by atoms with Gasteiger partial charge in [0.25, 0.3) is 0 Å². The van der Waals surface area contributed by atoms with E-state index >= 15 is 0 Å². The lowest BCUT2D eigenvalue weighted by Crippen LogP contribution is -2.22. The highest BCUT2D eigenvalue weighted by molar-refractivity contribution is 5.93. The molecule has 0 heterocycles. The number of hydrogen-bond acceptors (Lipinski definition) is 3. The van der Waals surface area contributed by atoms with Crippen molar-refractivity contribution in [3.05, 3.63) is 11.6 Å². The van der Waals surface area contributed by atoms with Crippen LogP contribution in [0.2, 0.25) is 0 Å². The summed E-state index contributed by atoms with van der Waals surface area (Å²) in [6.45, 7) is 1.79. The van der Waals surface area contributed by atoms with Crippen molar-refractivity contribution >= 4 is 11.8 Å². The monoisotopic (exact) mass is 168 g/mol. The average Bonchev–Trinajstić information content (AvgIpc) is 2.03. The Morgan fingerprint density at radius 3 is 2.83 bits per heavy atom. The molecule has 0 amide bonds. The molecule has 0 aliphatic heterocycles. The van der Waals surface area contributed by atoms with Crippen LogP contribution in [-0.2, 0) is 14.3 Å². The molecule has 0 saturated carbocycles. The molecule has 3 heteroatoms. The average molecular weight is 168 g/mol. The van der Waals surface area contributed by atoms with Gasteiger partial charge in [-0.25, -0.2) is 0 Å². The zero-order valence-electron chi connectivity index (χ0n) is 7.29. The highest BCUT2D eigenvalue weighted by atomic mass is 16.5. The maximum absolute atomic E-state index is 11.1. The van der Waals surface area contributed by atoms with Gasteiger partial charge in [0.2, 0.25) is 0 Å². The van der Waals surface area contributed by atoms with Gasteiger partial charge in [0, 0.05) is 6.42 Å². The van der Waals surface area contributed by atoms with Gasteiger partial charge < -0.3 is 4.74 Å². The number of carbonyl (C=O) groups excluding carboxylic acids is 2. The van der Waals surface area contributed by atoms with Crippen molar-refractivity contribution in [3.8, 4) is 0 Å². The van der Waals surface area contributed by atoms with Crippen molar-refractivity contribution in [2.24, 2.45) is 5.92 Å². The van der Waals surface area contributed by atoms with Crippen molar-refractivity contribution in [1.82, 2.24) is 0 Å². The Hall–Kier alpha value is -1.12. The number of esters is 1. The Balaban J connectivity index is 2.75. The van der Waals surface area contributed by atoms with Gasteiger partial charge in [-0.2, -0.15) is 0 Å². The maximum Gasteiger partial charge on any atom is 0.312 e. The van der Waals surface area contributed by atoms with E-state index < -0.39 is 0 Å². The molecular weight excluding hydrogens is 156 g/mol. The Kier molecular flexibility index (Phi) is 2.63. The Labute approximate surface area is 71.4 Å². The number of ether oxygens (including phenoxy) is 1. The van der Waals surface area contributed by atoms with Crippen molar-refractivity contribution in [2.75, 3.05) is 7.11 Å². The first-order valence-electron chi connectivity index (χ1n) is 3.94. The number of ketones is 1. The third kappa shape index (κ3) is 1.72. The van der Waals surface area contributed by atoms with Gasteiger partial charge in [-0.1, -0.05) is 5.57 Å². The van der Waals surface area contributed by atoms with Crippen molar-refractivity contribution in [3.63, 3.8) is 0 Å². The van der Waals surface area contributed by atoms with Crippen molar-refractivity contribution in [2.45, 2.75) is 19.8 Å². The third-order valence-corrected chi connectivity index (χ3v) is 2.10. The minimum atomic E-state index is -0.240. The molecular formula is C9H12O3. The number of carbonyl (C=O) groups is 2. The number of hydrogen-bond donors (Lipinski definition) is 0. The summed E-state index contributed by atoms with van der Waals surface area (Å²) in [4.78, 5) is 22.0. The van der Waals surface area contributed by atoms with E-state index in [1.54, 1.807) is 6.92 Å². The molecule has 0 aromatic heterocycles. The van der Waals surface area contributed by atoms with Crippen LogP contribution in [0.3, 0.4) is 0 Å². The van der Waals surface area contributed by atoms with Gasteiger partial charge in [0.05, 0.1) is 13.0 Å². The lowest BCUT2D eigenvalue weighted by Gasteiger charge is -2.18. The van der Waals surface area contributed by atoms with E-state index in [0.717, 1.165) is 5.57 Å². The highest BCUT2D eigenvalue weighted by Gasteiger charge is 2.25. The highest BCUT2D eigenvalue weighted by Crippen LogP contribution is 2.23. The van der Waals surface area contributed by atoms with Gasteiger partial charge in [-0.05, 0) is 19.4 Å². The van der Waals surface area contributed by atoms with E-state index in [4.69, 9.17) is 0 Å². The summed E-state index contributed by atoms with van der Waals surface area (Å²) in [6, 6.07) is 0. The second-order valence-electron chi connectivity index (χ2n) is 2.97. The van der Waals surface area contributed by atoms with E-state index in [2.05, 4.69) is 4.74 Å². The molecule has 1 aliphatic rings. The fourth-order valence-electron chi connectivity index (χ4n) is 1.39. The molecule has 0 fully saturated rings. The van der Waals surface area contributed by atoms with E-state index in [1.165, 1.54) is 13.2 Å². The van der Waals surface area contributed by atoms with Crippen LogP contribution >= 0.6 is 0 Å². The molecule has 3 nitrogen and oxygen atoms in total. The maximum atomic E-state index is 11.1. The molecule has 1 atom stereocenters. The largest absolute Gasteiger partial charge is 0.469 e. The number of allylic oxidation sites excluding steroid dienone is 1. The fraction of sp³-hybridized carbons (Fsp3) is 0.556. The first-order chi connectivity index (χ1) is 5.65. The predicted molar refractivity (Wildman–Crippen MR) is 43.5 cm³/mol. The molecule has 12 heavy (non-hydrogen) atoms. The SMILES string of the molecule is COC(=O)[C@H]1CCC(=O)C=C1C. The van der Waals surface area contributed by atoms with Crippen LogP contribution < -0.4 is 0 Å². The molecule has 0 N–H and O–H groups in total. The molecule has 0 bridgehead atoms. The Bertz CT molecular complexity index is 240. The molecule has 0 radical (unpaired) electrons. The quantitative estimate of drug-likeness (QED) is 0.550. The van der Waals surface area contributed by atoms with Crippen LogP contribution in [0.1, 0.15) is 19.8 Å². The molecule has 0 saturated heterocycles. The second-order valence-corrected chi connectivity index (χ2v) is 2.97. The third-order valence-electron chi connectivity index (χ3n) is 2.10. The minimum absolute atomic E-state index is 0.104. The Morgan fingerprint density at radius 2 is 2.33 bits per heavy atom. The molecule has 1 aliphatic carbocycles. The summed E-state index contributed by atoms with van der Waals surface area (Å²) in [7, 11) is 1.37. The van der Waals surface area contributed by atoms with Gasteiger partial charge in [-0.3, -0.25) is 9.59 Å². The fourth-order valence-corrected chi connectivity index (χ4v) is 1.39. The second kappa shape index (κ2) is 3.52. The number of methoxy groups -OCH3 is 1. The molecule has 1 rings (SSSR count). The van der Waals surface area contributed by atoms with Crippen molar-refractivity contribution in [1.29, 1.82) is 0 Å². The number of rotatable bonds is 1. The van der Waals surface area contributed by atoms with E-state index in [-0.39, 0.29) is 17.7 Å². The van der Waals surface area contributed by atoms with E-state index in [0.29, 0.717) is 12.8 Å². The van der Waals surface area contributed by atoms with Gasteiger partial charge in [0.1, 0.15) is 0 Å². The predicted octanol–water partition coefficient (Wildman–Crippen LogP) is 1.08. The standard InChI is InChI=1S/C9H12O3/c1-6-5-7(10)3-4-8(6)9(11)12-2/h5,8H,3-4H2,1-2H3/t8-/m0/s1. The van der Waals surface area contributed by atoms with Crippen LogP contribution in [0, 0.1) is 5.92 Å². The normalized spacial score (nSPS) is 23.3. The summed E-state index contributed by atoms with van der Waals surface area (Å²) in [5.74, 6) is -0.336. The lowest BCUT2D eigenvalue weighted by atomic mass is 9.88. The summed E-state index contributed by atoms with van der Waals surface area (Å²) < 4.78 is 4.60. The van der Waals surface area contributed by atoms with Crippen LogP contribution in [0.4, 0.5) is 0 Å². The van der Waals surface area contributed by atoms with Gasteiger partial charge >= 0.3 is 5.97 Å². The summed E-state index contributed by atoms with van der Waals surface area (Å²) in [6.07, 6.45) is 2.58. The summed E-state index contributed by atoms with van der Waals surface area (Å²) in [5.41, 5.74) is 0.818. The lowest BCUT2D eigenvalue weighted by molar-refractivity contribution is -0.144. The van der Waals surface area contributed by atoms with E-state index in [9.17, 15) is 9.59 Å². The molecule has 0 aromatic carbocycles. The van der Waals surface area contributed by atoms with Crippen LogP contribution in [-0.4, -0.2) is 18.9 Å². The van der Waals surface area contributed by atoms with Crippen LogP contribution in [0.15, 0.2) is 11.6 Å². The van der Waals surface area contributed by atoms with Gasteiger partial charge in [0.15, 0.2) is 5.78 Å². The summed E-state index contributed by atoms with van der Waals surface area (Å²) >= 11 is 0. The Morgan fingerprint density at radius 1 is 1.67 bits per heavy atom.